The fraction of sp³-hybridized carbons (Fsp3) is 0.733. The molecule has 7 nitrogen and oxygen atoms in total. The van der Waals surface area contributed by atoms with Crippen LogP contribution in [-0.4, -0.2) is 38.3 Å². The van der Waals surface area contributed by atoms with Crippen molar-refractivity contribution in [3.8, 4) is 0 Å². The van der Waals surface area contributed by atoms with Crippen molar-refractivity contribution >= 4 is 17.5 Å². The van der Waals surface area contributed by atoms with Crippen molar-refractivity contribution in [2.75, 3.05) is 13.1 Å². The second-order valence-corrected chi connectivity index (χ2v) is 6.26. The van der Waals surface area contributed by atoms with Gasteiger partial charge in [-0.1, -0.05) is 12.8 Å². The van der Waals surface area contributed by atoms with E-state index in [4.69, 9.17) is 4.99 Å². The molecule has 120 valence electrons. The Morgan fingerprint density at radius 2 is 1.95 bits per heavy atom. The summed E-state index contributed by atoms with van der Waals surface area (Å²) in [5, 5.41) is 11.2. The lowest BCUT2D eigenvalue weighted by molar-refractivity contribution is -0.388. The minimum absolute atomic E-state index is 0.144. The molecule has 0 N–H and O–H groups in total. The summed E-state index contributed by atoms with van der Waals surface area (Å²) in [5.41, 5.74) is 0. The van der Waals surface area contributed by atoms with Crippen molar-refractivity contribution in [1.29, 1.82) is 0 Å². The van der Waals surface area contributed by atoms with Gasteiger partial charge in [-0.3, -0.25) is 4.57 Å². The molecule has 3 rings (SSSR count). The number of amidine groups is 1. The molecule has 1 aliphatic heterocycles. The Labute approximate surface area is 130 Å². The fourth-order valence-corrected chi connectivity index (χ4v) is 3.50. The zero-order chi connectivity index (χ0) is 15.5. The van der Waals surface area contributed by atoms with E-state index in [0.717, 1.165) is 31.8 Å². The molecule has 22 heavy (non-hydrogen) atoms. The highest BCUT2D eigenvalue weighted by Crippen LogP contribution is 2.32. The van der Waals surface area contributed by atoms with Gasteiger partial charge in [0.25, 0.3) is 0 Å². The fourth-order valence-electron chi connectivity index (χ4n) is 3.50. The Hall–Kier alpha value is -1.92. The van der Waals surface area contributed by atoms with Gasteiger partial charge in [0, 0.05) is 26.1 Å². The number of rotatable bonds is 3. The summed E-state index contributed by atoms with van der Waals surface area (Å²) in [6.45, 7) is 2.03. The quantitative estimate of drug-likeness (QED) is 0.372. The molecule has 1 saturated heterocycles. The zero-order valence-electron chi connectivity index (χ0n) is 13.1. The van der Waals surface area contributed by atoms with Crippen molar-refractivity contribution < 1.29 is 4.92 Å². The van der Waals surface area contributed by atoms with Crippen LogP contribution in [0.5, 0.6) is 0 Å². The van der Waals surface area contributed by atoms with Crippen LogP contribution in [0.15, 0.2) is 11.3 Å². The summed E-state index contributed by atoms with van der Waals surface area (Å²) in [4.78, 5) is 21.7. The molecular weight excluding hydrogens is 282 g/mol. The van der Waals surface area contributed by atoms with Gasteiger partial charge < -0.3 is 15.0 Å². The minimum Gasteiger partial charge on any atom is -0.360 e. The first-order chi connectivity index (χ1) is 10.7. The molecule has 0 bridgehead atoms. The third-order valence-electron chi connectivity index (χ3n) is 4.68. The van der Waals surface area contributed by atoms with Gasteiger partial charge in [0.2, 0.25) is 12.1 Å². The van der Waals surface area contributed by atoms with E-state index in [1.54, 1.807) is 11.6 Å². The standard InChI is InChI=1S/C15H23N5O2/c1-18-11-16-14(20(21)22)15(18)17-13(12-7-3-4-8-12)19-9-5-2-6-10-19/h11-12H,2-10H2,1H3/b17-13+. The SMILES string of the molecule is Cn1cnc([N+](=O)[O-])c1/N=C(\C1CCCC1)N1CCCCC1. The Morgan fingerprint density at radius 3 is 2.59 bits per heavy atom. The average Bonchev–Trinajstić information content (AvgIpc) is 3.16. The number of nitro groups is 1. The van der Waals surface area contributed by atoms with Gasteiger partial charge in [-0.15, -0.1) is 0 Å². The van der Waals surface area contributed by atoms with Crippen molar-refractivity contribution in [3.63, 3.8) is 0 Å². The van der Waals surface area contributed by atoms with E-state index in [1.165, 1.54) is 38.4 Å². The monoisotopic (exact) mass is 305 g/mol. The summed E-state index contributed by atoms with van der Waals surface area (Å²) in [7, 11) is 1.77. The lowest BCUT2D eigenvalue weighted by atomic mass is 10.0. The Balaban J connectivity index is 1.97. The topological polar surface area (TPSA) is 76.6 Å². The molecule has 7 heteroatoms. The first-order valence-corrected chi connectivity index (χ1v) is 8.16. The second kappa shape index (κ2) is 6.46. The van der Waals surface area contributed by atoms with Crippen LogP contribution < -0.4 is 0 Å². The molecule has 0 amide bonds. The van der Waals surface area contributed by atoms with Crippen LogP contribution in [0.3, 0.4) is 0 Å². The van der Waals surface area contributed by atoms with Crippen LogP contribution in [0.25, 0.3) is 0 Å². The molecular formula is C15H23N5O2. The average molecular weight is 305 g/mol. The van der Waals surface area contributed by atoms with Gasteiger partial charge in [0.1, 0.15) is 5.84 Å². The number of likely N-dealkylation sites (tertiary alicyclic amines) is 1. The van der Waals surface area contributed by atoms with Crippen LogP contribution in [0.2, 0.25) is 0 Å². The summed E-state index contributed by atoms with van der Waals surface area (Å²) < 4.78 is 1.65. The maximum absolute atomic E-state index is 11.2. The van der Waals surface area contributed by atoms with E-state index in [2.05, 4.69) is 9.88 Å². The number of aromatic nitrogens is 2. The summed E-state index contributed by atoms with van der Waals surface area (Å²) in [6, 6.07) is 0. The summed E-state index contributed by atoms with van der Waals surface area (Å²) >= 11 is 0. The van der Waals surface area contributed by atoms with Crippen LogP contribution in [0, 0.1) is 16.0 Å². The maximum Gasteiger partial charge on any atom is 0.408 e. The molecule has 1 aliphatic carbocycles. The summed E-state index contributed by atoms with van der Waals surface area (Å²) in [6.07, 6.45) is 9.83. The Kier molecular flexibility index (Phi) is 4.40. The molecule has 2 heterocycles. The van der Waals surface area contributed by atoms with Gasteiger partial charge in [-0.05, 0) is 42.0 Å². The lowest BCUT2D eigenvalue weighted by Gasteiger charge is -2.32. The number of aryl methyl sites for hydroxylation is 1. The van der Waals surface area contributed by atoms with Crippen molar-refractivity contribution in [2.45, 2.75) is 44.9 Å². The number of nitrogens with zero attached hydrogens (tertiary/aromatic N) is 5. The van der Waals surface area contributed by atoms with Crippen molar-refractivity contribution in [3.05, 3.63) is 16.4 Å². The normalized spacial score (nSPS) is 20.6. The van der Waals surface area contributed by atoms with E-state index in [-0.39, 0.29) is 5.82 Å². The third kappa shape index (κ3) is 2.98. The van der Waals surface area contributed by atoms with E-state index in [9.17, 15) is 10.1 Å². The first kappa shape index (κ1) is 15.0. The highest BCUT2D eigenvalue weighted by atomic mass is 16.6. The highest BCUT2D eigenvalue weighted by Gasteiger charge is 2.29. The number of hydrogen-bond acceptors (Lipinski definition) is 4. The van der Waals surface area contributed by atoms with Crippen molar-refractivity contribution in [1.82, 2.24) is 14.5 Å². The largest absolute Gasteiger partial charge is 0.408 e. The molecule has 1 aromatic heterocycles. The molecule has 2 fully saturated rings. The molecule has 1 aromatic rings. The first-order valence-electron chi connectivity index (χ1n) is 8.16. The number of aliphatic imine (C=N–C) groups is 1. The molecule has 2 aliphatic rings. The lowest BCUT2D eigenvalue weighted by Crippen LogP contribution is -2.39. The van der Waals surface area contributed by atoms with Crippen LogP contribution in [0.1, 0.15) is 44.9 Å². The predicted molar refractivity (Wildman–Crippen MR) is 84.3 cm³/mol. The number of imidazole rings is 1. The third-order valence-corrected chi connectivity index (χ3v) is 4.68. The number of piperidine rings is 1. The van der Waals surface area contributed by atoms with Crippen molar-refractivity contribution in [2.24, 2.45) is 18.0 Å². The van der Waals surface area contributed by atoms with E-state index in [1.807, 2.05) is 0 Å². The van der Waals surface area contributed by atoms with Crippen LogP contribution >= 0.6 is 0 Å². The van der Waals surface area contributed by atoms with Gasteiger partial charge >= 0.3 is 5.82 Å². The highest BCUT2D eigenvalue weighted by molar-refractivity contribution is 5.87. The summed E-state index contributed by atoms with van der Waals surface area (Å²) in [5.74, 6) is 1.71. The van der Waals surface area contributed by atoms with E-state index >= 15 is 0 Å². The molecule has 1 saturated carbocycles. The van der Waals surface area contributed by atoms with Gasteiger partial charge in [-0.2, -0.15) is 0 Å². The van der Waals surface area contributed by atoms with Crippen LogP contribution in [-0.2, 0) is 7.05 Å². The van der Waals surface area contributed by atoms with Gasteiger partial charge in [0.05, 0.1) is 0 Å². The van der Waals surface area contributed by atoms with E-state index < -0.39 is 4.92 Å². The molecule has 0 spiro atoms. The Bertz CT molecular complexity index is 568. The van der Waals surface area contributed by atoms with Crippen LogP contribution in [0.4, 0.5) is 11.6 Å². The molecule has 0 radical (unpaired) electrons. The molecule has 0 unspecified atom stereocenters. The van der Waals surface area contributed by atoms with Gasteiger partial charge in [0.15, 0.2) is 0 Å². The number of hydrogen-bond donors (Lipinski definition) is 0. The Morgan fingerprint density at radius 1 is 1.27 bits per heavy atom. The smallest absolute Gasteiger partial charge is 0.360 e. The predicted octanol–water partition coefficient (Wildman–Crippen LogP) is 3.03. The zero-order valence-corrected chi connectivity index (χ0v) is 13.1. The maximum atomic E-state index is 11.2. The molecule has 0 aromatic carbocycles. The minimum atomic E-state index is -0.443. The van der Waals surface area contributed by atoms with E-state index in [0.29, 0.717) is 11.7 Å². The van der Waals surface area contributed by atoms with Gasteiger partial charge in [-0.25, -0.2) is 4.99 Å². The second-order valence-electron chi connectivity index (χ2n) is 6.26. The molecule has 0 atom stereocenters.